The number of carbonyl (C=O) groups excluding carboxylic acids is 1. The van der Waals surface area contributed by atoms with Crippen molar-refractivity contribution < 1.29 is 35.5 Å². The number of carbonyl (C=O) groups is 1. The Balaban J connectivity index is 1.99. The first-order valence-corrected chi connectivity index (χ1v) is 9.97. The van der Waals surface area contributed by atoms with Crippen LogP contribution in [0.4, 0.5) is 28.9 Å². The molecule has 1 aliphatic rings. The van der Waals surface area contributed by atoms with Crippen molar-refractivity contribution in [3.63, 3.8) is 0 Å². The predicted octanol–water partition coefficient (Wildman–Crippen LogP) is 3.83. The molecule has 3 rings (SSSR count). The first kappa shape index (κ1) is 21.2. The summed E-state index contributed by atoms with van der Waals surface area (Å²) in [5.41, 5.74) is 0.0943. The highest BCUT2D eigenvalue weighted by Crippen LogP contribution is 2.35. The Labute approximate surface area is 168 Å². The van der Waals surface area contributed by atoms with Crippen LogP contribution < -0.4 is 14.4 Å². The number of hydrogen-bond donors (Lipinski definition) is 1. The average Bonchev–Trinajstić information content (AvgIpc) is 3.06. The second-order valence-electron chi connectivity index (χ2n) is 6.04. The van der Waals surface area contributed by atoms with Crippen LogP contribution in [0.5, 0.6) is 5.75 Å². The van der Waals surface area contributed by atoms with Crippen LogP contribution in [-0.4, -0.2) is 28.0 Å². The van der Waals surface area contributed by atoms with Gasteiger partial charge in [0.25, 0.3) is 10.0 Å². The molecule has 1 saturated heterocycles. The fourth-order valence-corrected chi connectivity index (χ4v) is 4.38. The van der Waals surface area contributed by atoms with Crippen LogP contribution in [0.15, 0.2) is 23.1 Å². The Morgan fingerprint density at radius 2 is 1.72 bits per heavy atom. The van der Waals surface area contributed by atoms with Gasteiger partial charge in [0.15, 0.2) is 22.3 Å². The van der Waals surface area contributed by atoms with E-state index in [2.05, 4.69) is 4.74 Å². The van der Waals surface area contributed by atoms with E-state index in [0.29, 0.717) is 25.1 Å². The van der Waals surface area contributed by atoms with Crippen molar-refractivity contribution in [3.05, 3.63) is 46.5 Å². The van der Waals surface area contributed by atoms with Gasteiger partial charge in [0.1, 0.15) is 0 Å². The van der Waals surface area contributed by atoms with Gasteiger partial charge in [0, 0.05) is 13.0 Å². The van der Waals surface area contributed by atoms with E-state index >= 15 is 0 Å². The summed E-state index contributed by atoms with van der Waals surface area (Å²) in [4.78, 5) is 11.4. The van der Waals surface area contributed by atoms with Gasteiger partial charge in [0.2, 0.25) is 17.5 Å². The molecule has 2 aromatic carbocycles. The molecule has 1 fully saturated rings. The van der Waals surface area contributed by atoms with E-state index in [4.69, 9.17) is 11.6 Å². The number of sulfonamides is 1. The van der Waals surface area contributed by atoms with E-state index in [1.54, 1.807) is 0 Å². The summed E-state index contributed by atoms with van der Waals surface area (Å²) in [6, 6.07) is 3.63. The molecule has 1 aliphatic heterocycles. The molecule has 0 saturated carbocycles. The number of anilines is 2. The molecule has 2 aromatic rings. The van der Waals surface area contributed by atoms with E-state index in [1.807, 2.05) is 4.72 Å². The zero-order chi connectivity index (χ0) is 21.5. The van der Waals surface area contributed by atoms with Crippen molar-refractivity contribution in [2.75, 3.05) is 23.3 Å². The van der Waals surface area contributed by atoms with Gasteiger partial charge in [-0.25, -0.2) is 17.2 Å². The summed E-state index contributed by atoms with van der Waals surface area (Å²) in [7, 11) is -4.31. The normalized spacial score (nSPS) is 14.4. The maximum absolute atomic E-state index is 14.1. The number of nitrogens with one attached hydrogen (secondary N) is 1. The highest BCUT2D eigenvalue weighted by molar-refractivity contribution is 7.92. The third-order valence-corrected chi connectivity index (χ3v) is 5.92. The second-order valence-corrected chi connectivity index (χ2v) is 8.07. The maximum atomic E-state index is 14.1. The van der Waals surface area contributed by atoms with Crippen molar-refractivity contribution in [1.29, 1.82) is 0 Å². The lowest BCUT2D eigenvalue weighted by atomic mass is 10.2. The van der Waals surface area contributed by atoms with E-state index in [-0.39, 0.29) is 16.6 Å². The lowest BCUT2D eigenvalue weighted by Crippen LogP contribution is -2.24. The van der Waals surface area contributed by atoms with Crippen LogP contribution in [0, 0.1) is 23.3 Å². The van der Waals surface area contributed by atoms with Crippen molar-refractivity contribution in [3.8, 4) is 5.75 Å². The molecule has 156 valence electrons. The van der Waals surface area contributed by atoms with Crippen LogP contribution >= 0.6 is 11.6 Å². The lowest BCUT2D eigenvalue weighted by molar-refractivity contribution is -0.117. The smallest absolute Gasteiger partial charge is 0.267 e. The van der Waals surface area contributed by atoms with Gasteiger partial charge in [-0.05, 0) is 24.6 Å². The molecule has 0 aliphatic carbocycles. The number of nitrogens with zero attached hydrogens (tertiary/aromatic N) is 1. The zero-order valence-electron chi connectivity index (χ0n) is 14.7. The minimum atomic E-state index is -5.08. The maximum Gasteiger partial charge on any atom is 0.267 e. The predicted molar refractivity (Wildman–Crippen MR) is 96.7 cm³/mol. The van der Waals surface area contributed by atoms with Crippen molar-refractivity contribution in [2.45, 2.75) is 17.7 Å². The van der Waals surface area contributed by atoms with Gasteiger partial charge in [0.05, 0.1) is 23.5 Å². The summed E-state index contributed by atoms with van der Waals surface area (Å²) >= 11 is 6.09. The molecular formula is C17H13ClF4N2O4S. The quantitative estimate of drug-likeness (QED) is 0.552. The Kier molecular flexibility index (Phi) is 5.63. The first-order chi connectivity index (χ1) is 13.6. The third-order valence-electron chi connectivity index (χ3n) is 4.22. The molecule has 0 radical (unpaired) electrons. The van der Waals surface area contributed by atoms with Crippen LogP contribution in [0.2, 0.25) is 5.02 Å². The minimum absolute atomic E-state index is 0.00603. The van der Waals surface area contributed by atoms with Gasteiger partial charge < -0.3 is 9.64 Å². The van der Waals surface area contributed by atoms with E-state index < -0.39 is 43.9 Å². The molecule has 1 N–H and O–H groups in total. The van der Waals surface area contributed by atoms with E-state index in [1.165, 1.54) is 17.0 Å². The number of hydrogen-bond acceptors (Lipinski definition) is 4. The summed E-state index contributed by atoms with van der Waals surface area (Å²) in [6.45, 7) is 0.435. The molecule has 29 heavy (non-hydrogen) atoms. The monoisotopic (exact) mass is 452 g/mol. The largest absolute Gasteiger partial charge is 0.491 e. The molecule has 12 heteroatoms. The van der Waals surface area contributed by atoms with Gasteiger partial charge in [-0.2, -0.15) is 8.78 Å². The number of amides is 1. The highest BCUT2D eigenvalue weighted by atomic mass is 35.5. The molecule has 0 aromatic heterocycles. The van der Waals surface area contributed by atoms with Crippen LogP contribution in [0.25, 0.3) is 0 Å². The molecule has 0 atom stereocenters. The van der Waals surface area contributed by atoms with Gasteiger partial charge >= 0.3 is 0 Å². The summed E-state index contributed by atoms with van der Waals surface area (Å²) in [5, 5.41) is -0.00603. The van der Waals surface area contributed by atoms with Crippen LogP contribution in [0.3, 0.4) is 0 Å². The SMILES string of the molecule is COc1c(F)c(F)c(S(=O)(=O)Nc2ccc(N3CCCC3=O)c(Cl)c2)c(F)c1F. The number of benzene rings is 2. The fourth-order valence-electron chi connectivity index (χ4n) is 2.90. The Hall–Kier alpha value is -2.53. The first-order valence-electron chi connectivity index (χ1n) is 8.11. The average molecular weight is 453 g/mol. The molecular weight excluding hydrogens is 440 g/mol. The summed E-state index contributed by atoms with van der Waals surface area (Å²) in [6.07, 6.45) is 0.981. The highest BCUT2D eigenvalue weighted by Gasteiger charge is 2.34. The number of methoxy groups -OCH3 is 1. The minimum Gasteiger partial charge on any atom is -0.491 e. The summed E-state index contributed by atoms with van der Waals surface area (Å²) in [5.74, 6) is -9.81. The summed E-state index contributed by atoms with van der Waals surface area (Å²) < 4.78 is 86.7. The lowest BCUT2D eigenvalue weighted by Gasteiger charge is -2.18. The van der Waals surface area contributed by atoms with Gasteiger partial charge in [-0.15, -0.1) is 0 Å². The molecule has 0 unspecified atom stereocenters. The zero-order valence-corrected chi connectivity index (χ0v) is 16.3. The Bertz CT molecular complexity index is 1080. The molecule has 0 bridgehead atoms. The number of halogens is 5. The van der Waals surface area contributed by atoms with Crippen LogP contribution in [-0.2, 0) is 14.8 Å². The topological polar surface area (TPSA) is 75.7 Å². The third kappa shape index (κ3) is 3.71. The number of rotatable bonds is 5. The van der Waals surface area contributed by atoms with Crippen LogP contribution in [0.1, 0.15) is 12.8 Å². The Morgan fingerprint density at radius 3 is 2.21 bits per heavy atom. The van der Waals surface area contributed by atoms with Gasteiger partial charge in [-0.3, -0.25) is 9.52 Å². The molecule has 1 heterocycles. The van der Waals surface area contributed by atoms with Crippen molar-refractivity contribution in [2.24, 2.45) is 0 Å². The number of ether oxygens (including phenoxy) is 1. The molecule has 0 spiro atoms. The van der Waals surface area contributed by atoms with Crippen molar-refractivity contribution in [1.82, 2.24) is 0 Å². The van der Waals surface area contributed by atoms with Crippen molar-refractivity contribution >= 4 is 38.9 Å². The van der Waals surface area contributed by atoms with Gasteiger partial charge in [-0.1, -0.05) is 11.6 Å². The standard InChI is InChI=1S/C17H13ClF4N2O4S/c1-28-16-12(19)14(21)17(15(22)13(16)20)29(26,27)23-8-4-5-10(9(18)7-8)24-6-2-3-11(24)25/h4-5,7,23H,2-3,6H2,1H3. The second kappa shape index (κ2) is 7.71. The molecule has 6 nitrogen and oxygen atoms in total. The Morgan fingerprint density at radius 1 is 1.10 bits per heavy atom. The van der Waals surface area contributed by atoms with E-state index in [9.17, 15) is 30.8 Å². The molecule has 1 amide bonds. The van der Waals surface area contributed by atoms with E-state index in [0.717, 1.165) is 13.2 Å². The fraction of sp³-hybridized carbons (Fsp3) is 0.235.